The number of hydrogen-bond acceptors (Lipinski definition) is 19. The minimum atomic E-state index is -5.38. The predicted molar refractivity (Wildman–Crippen MR) is 153 cm³/mol. The molecule has 5 heterocycles. The minimum Gasteiger partial charge on any atom is -0.465 e. The van der Waals surface area contributed by atoms with Gasteiger partial charge in [-0.1, -0.05) is 0 Å². The maximum atomic E-state index is 12.5. The molecule has 3 aromatic heterocycles. The summed E-state index contributed by atoms with van der Waals surface area (Å²) in [7, 11) is -10.7. The molecule has 5 rings (SSSR count). The molecule has 0 aromatic carbocycles. The molecule has 2 aliphatic rings. The van der Waals surface area contributed by atoms with Gasteiger partial charge in [-0.15, -0.1) is 25.3 Å². The third kappa shape index (κ3) is 6.68. The number of rotatable bonds is 9. The lowest BCUT2D eigenvalue weighted by Crippen LogP contribution is -2.36. The number of nitrogen functional groups attached to an aromatic ring is 2. The highest BCUT2D eigenvalue weighted by Crippen LogP contribution is 2.60. The van der Waals surface area contributed by atoms with Crippen LogP contribution in [0.2, 0.25) is 0 Å². The number of phosphoric ester groups is 2. The molecule has 0 saturated carbocycles. The molecule has 238 valence electrons. The molecular weight excluding hydrogens is 674 g/mol. The van der Waals surface area contributed by atoms with Crippen LogP contribution in [0.4, 0.5) is 11.8 Å². The van der Waals surface area contributed by atoms with Gasteiger partial charge in [0.05, 0.1) is 6.61 Å². The molecule has 25 heteroatoms. The fourth-order valence-electron chi connectivity index (χ4n) is 4.00. The summed E-state index contributed by atoms with van der Waals surface area (Å²) in [5, 5.41) is 20.6. The smallest absolute Gasteiger partial charge is 0.465 e. The number of ether oxygens (including phenoxy) is 2. The van der Waals surface area contributed by atoms with Crippen LogP contribution in [0, 0.1) is 0 Å². The van der Waals surface area contributed by atoms with Crippen LogP contribution in [-0.4, -0.2) is 87.1 Å². The molecule has 21 nitrogen and oxygen atoms in total. The highest BCUT2D eigenvalue weighted by atomic mass is 32.1. The number of aromatic amines is 1. The lowest BCUT2D eigenvalue weighted by molar-refractivity contribution is -0.0542. The molecule has 0 amide bonds. The SMILES string of the molecule is Nc1ccn([C@@H]2O[C@H](COP(=O)(O)OP(=O)(O)OC[C@H]3Oc4nc5nc(N)[nH]c(=O)c5nc4C(S)=C3S)[C@@H](O)[C@H]2O)c(=O)n1. The number of aliphatic hydroxyl groups is 2. The topological polar surface area (TPSA) is 320 Å². The third-order valence-electron chi connectivity index (χ3n) is 6.01. The van der Waals surface area contributed by atoms with Gasteiger partial charge < -0.3 is 40.9 Å². The van der Waals surface area contributed by atoms with E-state index >= 15 is 0 Å². The Morgan fingerprint density at radius 2 is 1.70 bits per heavy atom. The number of aliphatic hydroxyl groups excluding tert-OH is 2. The summed E-state index contributed by atoms with van der Waals surface area (Å²) >= 11 is 8.55. The number of anilines is 2. The van der Waals surface area contributed by atoms with Crippen LogP contribution < -0.4 is 27.5 Å². The van der Waals surface area contributed by atoms with Gasteiger partial charge in [0.2, 0.25) is 11.8 Å². The lowest BCUT2D eigenvalue weighted by atomic mass is 10.1. The van der Waals surface area contributed by atoms with Gasteiger partial charge in [0, 0.05) is 16.0 Å². The molecule has 2 unspecified atom stereocenters. The average Bonchev–Trinajstić information content (AvgIpc) is 3.20. The lowest BCUT2D eigenvalue weighted by Gasteiger charge is -2.26. The van der Waals surface area contributed by atoms with E-state index in [1.807, 2.05) is 0 Å². The standard InChI is InChI=1S/C19H22N8O13P2S2/c20-7-1-2-27(19(31)22-7)17-11(29)10(28)5(39-17)3-36-41(32,33)40-42(34,35)37-4-6-12(43)13(44)8-16(38-6)24-14-9(23-8)15(30)26-18(21)25-14/h1-2,5-6,10-11,17,28-29,43-44H,3-4H2,(H,32,33)(H,34,35)(H2,20,22,31)(H3,21,24,25,26,30)/t5-,6-,10-,11-,17-/m1/s1. The summed E-state index contributed by atoms with van der Waals surface area (Å²) in [6.07, 6.45) is -6.51. The van der Waals surface area contributed by atoms with Gasteiger partial charge in [-0.3, -0.25) is 23.4 Å². The van der Waals surface area contributed by atoms with Crippen molar-refractivity contribution in [2.45, 2.75) is 30.6 Å². The van der Waals surface area contributed by atoms with Crippen molar-refractivity contribution in [3.63, 3.8) is 0 Å². The number of thiol groups is 2. The first-order valence-electron chi connectivity index (χ1n) is 11.9. The summed E-state index contributed by atoms with van der Waals surface area (Å²) in [5.41, 5.74) is 9.01. The molecule has 1 fully saturated rings. The van der Waals surface area contributed by atoms with Crippen molar-refractivity contribution in [3.8, 4) is 5.88 Å². The zero-order chi connectivity index (χ0) is 32.1. The number of nitrogens with zero attached hydrogens (tertiary/aromatic N) is 5. The fraction of sp³-hybridized carbons (Fsp3) is 0.368. The van der Waals surface area contributed by atoms with Crippen LogP contribution in [0.25, 0.3) is 16.1 Å². The maximum Gasteiger partial charge on any atom is 0.481 e. The maximum absolute atomic E-state index is 12.5. The first-order chi connectivity index (χ1) is 20.5. The van der Waals surface area contributed by atoms with Crippen LogP contribution in [0.5, 0.6) is 5.88 Å². The molecule has 7 atom stereocenters. The molecule has 2 aliphatic heterocycles. The monoisotopic (exact) mass is 696 g/mol. The Balaban J connectivity index is 1.21. The van der Waals surface area contributed by atoms with E-state index in [2.05, 4.69) is 59.0 Å². The van der Waals surface area contributed by atoms with E-state index in [-0.39, 0.29) is 44.3 Å². The van der Waals surface area contributed by atoms with Crippen LogP contribution in [0.1, 0.15) is 11.9 Å². The Hall–Kier alpha value is -2.92. The average molecular weight is 697 g/mol. The van der Waals surface area contributed by atoms with Gasteiger partial charge in [0.15, 0.2) is 23.5 Å². The fourth-order valence-corrected chi connectivity index (χ4v) is 6.60. The van der Waals surface area contributed by atoms with Crippen molar-refractivity contribution in [2.75, 3.05) is 24.7 Å². The van der Waals surface area contributed by atoms with Gasteiger partial charge in [0.1, 0.15) is 36.4 Å². The molecule has 9 N–H and O–H groups in total. The van der Waals surface area contributed by atoms with E-state index < -0.39 is 70.8 Å². The second-order valence-electron chi connectivity index (χ2n) is 9.04. The zero-order valence-corrected chi connectivity index (χ0v) is 25.2. The predicted octanol–water partition coefficient (Wildman–Crippen LogP) is -1.71. The van der Waals surface area contributed by atoms with Crippen molar-refractivity contribution in [1.82, 2.24) is 29.5 Å². The van der Waals surface area contributed by atoms with Gasteiger partial charge in [-0.2, -0.15) is 19.3 Å². The molecule has 0 bridgehead atoms. The second-order valence-corrected chi connectivity index (χ2v) is 13.0. The molecule has 3 aromatic rings. The van der Waals surface area contributed by atoms with Crippen LogP contribution >= 0.6 is 40.9 Å². The van der Waals surface area contributed by atoms with Gasteiger partial charge in [-0.25, -0.2) is 18.9 Å². The van der Waals surface area contributed by atoms with E-state index in [1.165, 1.54) is 6.07 Å². The van der Waals surface area contributed by atoms with Crippen LogP contribution in [0.15, 0.2) is 26.8 Å². The molecule has 0 spiro atoms. The Morgan fingerprint density at radius 1 is 1.02 bits per heavy atom. The number of aromatic nitrogens is 6. The summed E-state index contributed by atoms with van der Waals surface area (Å²) in [4.78, 5) is 62.2. The Kier molecular flexibility index (Phi) is 8.94. The summed E-state index contributed by atoms with van der Waals surface area (Å²) in [5.74, 6) is -0.551. The van der Waals surface area contributed by atoms with Crippen molar-refractivity contribution in [3.05, 3.63) is 43.7 Å². The van der Waals surface area contributed by atoms with Crippen molar-refractivity contribution < 1.29 is 52.0 Å². The van der Waals surface area contributed by atoms with Gasteiger partial charge in [0.25, 0.3) is 5.56 Å². The molecular formula is C19H22N8O13P2S2. The molecule has 0 radical (unpaired) electrons. The summed E-state index contributed by atoms with van der Waals surface area (Å²) < 4.78 is 50.4. The number of hydrogen-bond donors (Lipinski definition) is 9. The van der Waals surface area contributed by atoms with Crippen LogP contribution in [-0.2, 0) is 27.2 Å². The number of H-pyrrole nitrogens is 1. The first-order valence-corrected chi connectivity index (χ1v) is 15.8. The van der Waals surface area contributed by atoms with Crippen molar-refractivity contribution in [1.29, 1.82) is 0 Å². The summed E-state index contributed by atoms with van der Waals surface area (Å²) in [6, 6.07) is 1.23. The van der Waals surface area contributed by atoms with Crippen molar-refractivity contribution in [2.24, 2.45) is 0 Å². The number of nitrogens with two attached hydrogens (primary N) is 2. The largest absolute Gasteiger partial charge is 0.481 e. The normalized spacial score (nSPS) is 26.2. The number of nitrogens with one attached hydrogen (secondary N) is 1. The van der Waals surface area contributed by atoms with Crippen molar-refractivity contribution >= 4 is 68.7 Å². The van der Waals surface area contributed by atoms with E-state index in [0.717, 1.165) is 10.8 Å². The number of phosphoric acid groups is 2. The quantitative estimate of drug-likeness (QED) is 0.0888. The highest BCUT2D eigenvalue weighted by molar-refractivity contribution is 7.93. The second kappa shape index (κ2) is 12.1. The minimum absolute atomic E-state index is 0.00273. The first kappa shape index (κ1) is 32.5. The number of fused-ring (bicyclic) bond motifs is 2. The van der Waals surface area contributed by atoms with E-state index in [1.54, 1.807) is 0 Å². The highest BCUT2D eigenvalue weighted by Gasteiger charge is 2.46. The molecule has 1 saturated heterocycles. The van der Waals surface area contributed by atoms with E-state index in [0.29, 0.717) is 0 Å². The third-order valence-corrected chi connectivity index (χ3v) is 9.76. The van der Waals surface area contributed by atoms with Crippen LogP contribution in [0.3, 0.4) is 0 Å². The van der Waals surface area contributed by atoms with E-state index in [4.69, 9.17) is 25.5 Å². The summed E-state index contributed by atoms with van der Waals surface area (Å²) in [6.45, 7) is -1.74. The Bertz CT molecular complexity index is 1880. The van der Waals surface area contributed by atoms with Gasteiger partial charge >= 0.3 is 21.3 Å². The Morgan fingerprint density at radius 3 is 2.39 bits per heavy atom. The molecule has 44 heavy (non-hydrogen) atoms. The molecule has 0 aliphatic carbocycles. The zero-order valence-electron chi connectivity index (χ0n) is 21.6. The Labute approximate surface area is 254 Å². The van der Waals surface area contributed by atoms with E-state index in [9.17, 15) is 38.7 Å². The van der Waals surface area contributed by atoms with Gasteiger partial charge in [-0.05, 0) is 6.07 Å².